The number of anilines is 2. The summed E-state index contributed by atoms with van der Waals surface area (Å²) in [5.74, 6) is 0.0192. The number of carbonyl (C=O) groups is 2. The molecule has 0 fully saturated rings. The van der Waals surface area contributed by atoms with E-state index < -0.39 is 5.41 Å². The van der Waals surface area contributed by atoms with Crippen LogP contribution >= 0.6 is 11.3 Å². The normalized spacial score (nSPS) is 15.0. The number of amides is 2. The number of benzene rings is 1. The van der Waals surface area contributed by atoms with Gasteiger partial charge in [0.2, 0.25) is 11.8 Å². The first-order valence-corrected chi connectivity index (χ1v) is 9.13. The van der Waals surface area contributed by atoms with Crippen LogP contribution in [-0.2, 0) is 21.4 Å². The number of aryl methyl sites for hydroxylation is 1. The van der Waals surface area contributed by atoms with Crippen molar-refractivity contribution in [2.24, 2.45) is 0 Å². The number of rotatable bonds is 6. The van der Waals surface area contributed by atoms with Crippen LogP contribution in [0.15, 0.2) is 35.7 Å². The topological polar surface area (TPSA) is 58.2 Å². The standard InChI is InChI=1S/C19H22N2O2S/c1-19(2)15-12-13(9-10-16(15)21-18(19)23)20-17(22)8-4-3-6-14-7-5-11-24-14/h5,7,9-12H,3-4,6,8H2,1-2H3,(H,20,22)(H,21,23). The fourth-order valence-electron chi connectivity index (χ4n) is 2.91. The summed E-state index contributed by atoms with van der Waals surface area (Å²) in [4.78, 5) is 25.4. The van der Waals surface area contributed by atoms with Crippen LogP contribution in [0.25, 0.3) is 0 Å². The first kappa shape index (κ1) is 16.7. The Kier molecular flexibility index (Phi) is 4.71. The molecule has 0 unspecified atom stereocenters. The minimum atomic E-state index is -0.559. The summed E-state index contributed by atoms with van der Waals surface area (Å²) in [6, 6.07) is 9.78. The molecule has 0 saturated carbocycles. The van der Waals surface area contributed by atoms with Crippen molar-refractivity contribution in [2.45, 2.75) is 44.9 Å². The van der Waals surface area contributed by atoms with Gasteiger partial charge in [-0.15, -0.1) is 11.3 Å². The lowest BCUT2D eigenvalue weighted by Gasteiger charge is -2.16. The highest BCUT2D eigenvalue weighted by Gasteiger charge is 2.38. The Hall–Kier alpha value is -2.14. The Morgan fingerprint density at radius 1 is 1.25 bits per heavy atom. The predicted molar refractivity (Wildman–Crippen MR) is 98.6 cm³/mol. The zero-order valence-corrected chi connectivity index (χ0v) is 14.8. The maximum atomic E-state index is 12.1. The fourth-order valence-corrected chi connectivity index (χ4v) is 3.66. The molecule has 2 aromatic rings. The molecule has 1 aromatic carbocycles. The number of thiophene rings is 1. The maximum Gasteiger partial charge on any atom is 0.234 e. The molecule has 0 radical (unpaired) electrons. The molecule has 2 N–H and O–H groups in total. The summed E-state index contributed by atoms with van der Waals surface area (Å²) in [6.07, 6.45) is 3.44. The predicted octanol–water partition coefficient (Wildman–Crippen LogP) is 4.33. The van der Waals surface area contributed by atoms with E-state index in [4.69, 9.17) is 0 Å². The van der Waals surface area contributed by atoms with Gasteiger partial charge in [0.05, 0.1) is 5.41 Å². The minimum Gasteiger partial charge on any atom is -0.326 e. The summed E-state index contributed by atoms with van der Waals surface area (Å²) in [6.45, 7) is 3.79. The monoisotopic (exact) mass is 342 g/mol. The van der Waals surface area contributed by atoms with E-state index in [0.29, 0.717) is 6.42 Å². The Bertz CT molecular complexity index is 751. The average Bonchev–Trinajstić information content (AvgIpc) is 3.12. The van der Waals surface area contributed by atoms with Crippen LogP contribution in [0.3, 0.4) is 0 Å². The van der Waals surface area contributed by atoms with Crippen molar-refractivity contribution in [3.05, 3.63) is 46.2 Å². The van der Waals surface area contributed by atoms with Gasteiger partial charge in [0.25, 0.3) is 0 Å². The van der Waals surface area contributed by atoms with E-state index in [1.165, 1.54) is 4.88 Å². The largest absolute Gasteiger partial charge is 0.326 e. The van der Waals surface area contributed by atoms with Crippen LogP contribution in [-0.4, -0.2) is 11.8 Å². The third kappa shape index (κ3) is 3.51. The first-order chi connectivity index (χ1) is 11.5. The van der Waals surface area contributed by atoms with Crippen molar-refractivity contribution < 1.29 is 9.59 Å². The van der Waals surface area contributed by atoms with Crippen LogP contribution in [0.2, 0.25) is 0 Å². The zero-order valence-electron chi connectivity index (χ0n) is 14.0. The second-order valence-corrected chi connectivity index (χ2v) is 7.71. The molecule has 0 bridgehead atoms. The van der Waals surface area contributed by atoms with Gasteiger partial charge in [-0.3, -0.25) is 9.59 Å². The Balaban J connectivity index is 1.52. The Labute approximate surface area is 146 Å². The van der Waals surface area contributed by atoms with Crippen molar-refractivity contribution in [1.29, 1.82) is 0 Å². The van der Waals surface area contributed by atoms with Crippen molar-refractivity contribution in [3.63, 3.8) is 0 Å². The number of hydrogen-bond acceptors (Lipinski definition) is 3. The van der Waals surface area contributed by atoms with E-state index in [1.807, 2.05) is 32.0 Å². The van der Waals surface area contributed by atoms with Crippen LogP contribution in [0.1, 0.15) is 43.6 Å². The van der Waals surface area contributed by atoms with Gasteiger partial charge in [0, 0.05) is 22.7 Å². The molecule has 4 nitrogen and oxygen atoms in total. The average molecular weight is 342 g/mol. The van der Waals surface area contributed by atoms with Crippen LogP contribution in [0.5, 0.6) is 0 Å². The SMILES string of the molecule is CC1(C)C(=O)Nc2ccc(NC(=O)CCCCc3cccs3)cc21. The minimum absolute atomic E-state index is 0.00504. The first-order valence-electron chi connectivity index (χ1n) is 8.25. The molecule has 1 aliphatic heterocycles. The molecule has 2 heterocycles. The highest BCUT2D eigenvalue weighted by Crippen LogP contribution is 2.38. The van der Waals surface area contributed by atoms with Gasteiger partial charge in [-0.25, -0.2) is 0 Å². The van der Waals surface area contributed by atoms with E-state index in [9.17, 15) is 9.59 Å². The number of unbranched alkanes of at least 4 members (excludes halogenated alkanes) is 1. The molecular formula is C19H22N2O2S. The number of fused-ring (bicyclic) bond motifs is 1. The quantitative estimate of drug-likeness (QED) is 0.768. The van der Waals surface area contributed by atoms with Crippen molar-refractivity contribution in [1.82, 2.24) is 0 Å². The third-order valence-corrected chi connectivity index (χ3v) is 5.39. The summed E-state index contributed by atoms with van der Waals surface area (Å²) in [7, 11) is 0. The number of nitrogens with one attached hydrogen (secondary N) is 2. The van der Waals surface area contributed by atoms with Crippen molar-refractivity contribution in [3.8, 4) is 0 Å². The second kappa shape index (κ2) is 6.77. The number of hydrogen-bond donors (Lipinski definition) is 2. The zero-order chi connectivity index (χ0) is 17.2. The number of carbonyl (C=O) groups excluding carboxylic acids is 2. The highest BCUT2D eigenvalue weighted by molar-refractivity contribution is 7.09. The molecule has 3 rings (SSSR count). The fraction of sp³-hybridized carbons (Fsp3) is 0.368. The van der Waals surface area contributed by atoms with E-state index >= 15 is 0 Å². The summed E-state index contributed by atoms with van der Waals surface area (Å²) in [5.41, 5.74) is 1.96. The van der Waals surface area contributed by atoms with Crippen molar-refractivity contribution in [2.75, 3.05) is 10.6 Å². The van der Waals surface area contributed by atoms with Crippen LogP contribution in [0.4, 0.5) is 11.4 Å². The lowest BCUT2D eigenvalue weighted by atomic mass is 9.86. The summed E-state index contributed by atoms with van der Waals surface area (Å²) in [5, 5.41) is 7.90. The van der Waals surface area contributed by atoms with E-state index in [-0.39, 0.29) is 11.8 Å². The lowest BCUT2D eigenvalue weighted by Crippen LogP contribution is -2.26. The molecule has 126 valence electrons. The lowest BCUT2D eigenvalue weighted by molar-refractivity contribution is -0.119. The Morgan fingerprint density at radius 2 is 2.08 bits per heavy atom. The van der Waals surface area contributed by atoms with Gasteiger partial charge in [-0.2, -0.15) is 0 Å². The molecule has 24 heavy (non-hydrogen) atoms. The Morgan fingerprint density at radius 3 is 2.83 bits per heavy atom. The van der Waals surface area contributed by atoms with E-state index in [2.05, 4.69) is 28.1 Å². The van der Waals surface area contributed by atoms with Gasteiger partial charge in [-0.05, 0) is 68.3 Å². The molecule has 0 atom stereocenters. The van der Waals surface area contributed by atoms with Gasteiger partial charge in [-0.1, -0.05) is 6.07 Å². The van der Waals surface area contributed by atoms with Gasteiger partial charge in [0.15, 0.2) is 0 Å². The highest BCUT2D eigenvalue weighted by atomic mass is 32.1. The van der Waals surface area contributed by atoms with E-state index in [0.717, 1.165) is 36.2 Å². The molecule has 0 aliphatic carbocycles. The molecular weight excluding hydrogens is 320 g/mol. The molecule has 1 aliphatic rings. The summed E-state index contributed by atoms with van der Waals surface area (Å²) >= 11 is 1.76. The third-order valence-electron chi connectivity index (χ3n) is 4.45. The molecule has 0 spiro atoms. The second-order valence-electron chi connectivity index (χ2n) is 6.67. The van der Waals surface area contributed by atoms with E-state index in [1.54, 1.807) is 11.3 Å². The van der Waals surface area contributed by atoms with Gasteiger partial charge < -0.3 is 10.6 Å². The molecule has 0 saturated heterocycles. The maximum absolute atomic E-state index is 12.1. The smallest absolute Gasteiger partial charge is 0.234 e. The summed E-state index contributed by atoms with van der Waals surface area (Å²) < 4.78 is 0. The van der Waals surface area contributed by atoms with Gasteiger partial charge >= 0.3 is 0 Å². The van der Waals surface area contributed by atoms with Crippen LogP contribution in [0, 0.1) is 0 Å². The van der Waals surface area contributed by atoms with Crippen molar-refractivity contribution >= 4 is 34.5 Å². The van der Waals surface area contributed by atoms with Crippen LogP contribution < -0.4 is 10.6 Å². The molecule has 1 aromatic heterocycles. The molecule has 5 heteroatoms. The molecule has 2 amide bonds. The van der Waals surface area contributed by atoms with Gasteiger partial charge in [0.1, 0.15) is 0 Å².